The summed E-state index contributed by atoms with van der Waals surface area (Å²) >= 11 is 0. The van der Waals surface area contributed by atoms with Gasteiger partial charge in [-0.15, -0.1) is 0 Å². The maximum Gasteiger partial charge on any atom is 0.220 e. The van der Waals surface area contributed by atoms with Crippen molar-refractivity contribution >= 4 is 11.7 Å². The van der Waals surface area contributed by atoms with E-state index in [9.17, 15) is 9.18 Å². The van der Waals surface area contributed by atoms with E-state index in [2.05, 4.69) is 15.6 Å². The molecule has 1 heterocycles. The Bertz CT molecular complexity index is 381. The predicted octanol–water partition coefficient (Wildman–Crippen LogP) is 1.85. The lowest BCUT2D eigenvalue weighted by Crippen LogP contribution is -2.26. The molecule has 2 N–H and O–H groups in total. The Morgan fingerprint density at radius 3 is 2.88 bits per heavy atom. The van der Waals surface area contributed by atoms with Crippen molar-refractivity contribution in [3.63, 3.8) is 0 Å². The third-order valence-corrected chi connectivity index (χ3v) is 2.31. The summed E-state index contributed by atoms with van der Waals surface area (Å²) in [6.07, 6.45) is 1.53. The maximum absolute atomic E-state index is 13.5. The SMILES string of the molecule is CCC(=O)N[C@H](C)c1cc(NC)ncc1F. The first kappa shape index (κ1) is 12.4. The number of carbonyl (C=O) groups excluding carboxylic acids is 1. The number of nitrogens with one attached hydrogen (secondary N) is 2. The van der Waals surface area contributed by atoms with E-state index >= 15 is 0 Å². The average Bonchev–Trinajstić information content (AvgIpc) is 2.29. The topological polar surface area (TPSA) is 54.0 Å². The van der Waals surface area contributed by atoms with Crippen molar-refractivity contribution in [2.75, 3.05) is 12.4 Å². The fourth-order valence-electron chi connectivity index (χ4n) is 1.34. The highest BCUT2D eigenvalue weighted by molar-refractivity contribution is 5.76. The molecule has 0 unspecified atom stereocenters. The Hall–Kier alpha value is -1.65. The lowest BCUT2D eigenvalue weighted by atomic mass is 10.1. The van der Waals surface area contributed by atoms with Crippen molar-refractivity contribution < 1.29 is 9.18 Å². The second kappa shape index (κ2) is 5.44. The second-order valence-corrected chi connectivity index (χ2v) is 3.48. The number of rotatable bonds is 4. The van der Waals surface area contributed by atoms with Crippen LogP contribution in [0, 0.1) is 5.82 Å². The molecule has 5 heteroatoms. The van der Waals surface area contributed by atoms with E-state index in [-0.39, 0.29) is 11.9 Å². The average molecular weight is 225 g/mol. The molecule has 4 nitrogen and oxygen atoms in total. The molecule has 0 aromatic carbocycles. The van der Waals surface area contributed by atoms with Crippen LogP contribution in [0.1, 0.15) is 31.9 Å². The Balaban J connectivity index is 2.88. The largest absolute Gasteiger partial charge is 0.373 e. The summed E-state index contributed by atoms with van der Waals surface area (Å²) in [5.74, 6) is 0.0617. The van der Waals surface area contributed by atoms with Crippen LogP contribution in [-0.2, 0) is 4.79 Å². The van der Waals surface area contributed by atoms with Crippen molar-refractivity contribution in [1.82, 2.24) is 10.3 Å². The molecule has 0 aliphatic carbocycles. The van der Waals surface area contributed by atoms with E-state index in [0.717, 1.165) is 6.20 Å². The minimum absolute atomic E-state index is 0.102. The number of aromatic nitrogens is 1. The summed E-state index contributed by atoms with van der Waals surface area (Å²) in [6.45, 7) is 3.50. The van der Waals surface area contributed by atoms with Crippen LogP contribution in [0.25, 0.3) is 0 Å². The Labute approximate surface area is 94.3 Å². The lowest BCUT2D eigenvalue weighted by Gasteiger charge is -2.15. The molecule has 0 spiro atoms. The summed E-state index contributed by atoms with van der Waals surface area (Å²) in [5, 5.41) is 5.53. The number of nitrogens with zero attached hydrogens (tertiary/aromatic N) is 1. The molecule has 16 heavy (non-hydrogen) atoms. The Morgan fingerprint density at radius 1 is 1.62 bits per heavy atom. The van der Waals surface area contributed by atoms with E-state index in [0.29, 0.717) is 17.8 Å². The minimum Gasteiger partial charge on any atom is -0.373 e. The van der Waals surface area contributed by atoms with Gasteiger partial charge in [0.15, 0.2) is 0 Å². The van der Waals surface area contributed by atoms with Gasteiger partial charge >= 0.3 is 0 Å². The van der Waals surface area contributed by atoms with Crippen molar-refractivity contribution in [1.29, 1.82) is 0 Å². The van der Waals surface area contributed by atoms with Crippen LogP contribution in [0.15, 0.2) is 12.3 Å². The van der Waals surface area contributed by atoms with E-state index in [1.165, 1.54) is 0 Å². The highest BCUT2D eigenvalue weighted by Crippen LogP contribution is 2.18. The van der Waals surface area contributed by atoms with Crippen molar-refractivity contribution in [2.45, 2.75) is 26.3 Å². The van der Waals surface area contributed by atoms with Crippen LogP contribution in [0.2, 0.25) is 0 Å². The summed E-state index contributed by atoms with van der Waals surface area (Å²) in [4.78, 5) is 15.0. The smallest absolute Gasteiger partial charge is 0.220 e. The molecular weight excluding hydrogens is 209 g/mol. The summed E-state index contributed by atoms with van der Waals surface area (Å²) < 4.78 is 13.5. The van der Waals surface area contributed by atoms with Gasteiger partial charge in [0, 0.05) is 19.0 Å². The number of anilines is 1. The van der Waals surface area contributed by atoms with Crippen LogP contribution < -0.4 is 10.6 Å². The van der Waals surface area contributed by atoms with Gasteiger partial charge < -0.3 is 10.6 Å². The molecule has 0 aliphatic rings. The van der Waals surface area contributed by atoms with Gasteiger partial charge in [0.05, 0.1) is 12.2 Å². The molecule has 0 bridgehead atoms. The molecule has 1 amide bonds. The molecule has 0 fully saturated rings. The summed E-state index contributed by atoms with van der Waals surface area (Å²) in [5.41, 5.74) is 0.432. The molecular formula is C11H16FN3O. The van der Waals surface area contributed by atoms with Crippen LogP contribution >= 0.6 is 0 Å². The zero-order chi connectivity index (χ0) is 12.1. The van der Waals surface area contributed by atoms with E-state index in [1.54, 1.807) is 27.0 Å². The van der Waals surface area contributed by atoms with Gasteiger partial charge in [0.2, 0.25) is 5.91 Å². The van der Waals surface area contributed by atoms with E-state index < -0.39 is 5.82 Å². The fraction of sp³-hybridized carbons (Fsp3) is 0.455. The first-order valence-corrected chi connectivity index (χ1v) is 5.21. The maximum atomic E-state index is 13.5. The number of pyridine rings is 1. The van der Waals surface area contributed by atoms with Gasteiger partial charge in [0.25, 0.3) is 0 Å². The highest BCUT2D eigenvalue weighted by Gasteiger charge is 2.13. The Morgan fingerprint density at radius 2 is 2.31 bits per heavy atom. The summed E-state index contributed by atoms with van der Waals surface area (Å²) in [6, 6.07) is 1.23. The number of halogens is 1. The predicted molar refractivity (Wildman–Crippen MR) is 60.6 cm³/mol. The first-order valence-electron chi connectivity index (χ1n) is 5.21. The van der Waals surface area contributed by atoms with Gasteiger partial charge in [-0.1, -0.05) is 6.92 Å². The van der Waals surface area contributed by atoms with Crippen molar-refractivity contribution in [3.05, 3.63) is 23.6 Å². The summed E-state index contributed by atoms with van der Waals surface area (Å²) in [7, 11) is 1.71. The standard InChI is InChI=1S/C11H16FN3O/c1-4-11(16)15-7(2)8-5-10(13-3)14-6-9(8)12/h5-7H,4H2,1-3H3,(H,13,14)(H,15,16)/t7-/m1/s1. The molecule has 88 valence electrons. The highest BCUT2D eigenvalue weighted by atomic mass is 19.1. The third kappa shape index (κ3) is 2.92. The molecule has 0 saturated heterocycles. The molecule has 1 atom stereocenters. The lowest BCUT2D eigenvalue weighted by molar-refractivity contribution is -0.121. The molecule has 0 aliphatic heterocycles. The van der Waals surface area contributed by atoms with Crippen molar-refractivity contribution in [3.8, 4) is 0 Å². The van der Waals surface area contributed by atoms with E-state index in [1.807, 2.05) is 0 Å². The monoisotopic (exact) mass is 225 g/mol. The van der Waals surface area contributed by atoms with Gasteiger partial charge in [0.1, 0.15) is 11.6 Å². The molecule has 1 aromatic rings. The van der Waals surface area contributed by atoms with Crippen LogP contribution in [0.4, 0.5) is 10.2 Å². The van der Waals surface area contributed by atoms with Crippen LogP contribution in [0.5, 0.6) is 0 Å². The van der Waals surface area contributed by atoms with E-state index in [4.69, 9.17) is 0 Å². The third-order valence-electron chi connectivity index (χ3n) is 2.31. The van der Waals surface area contributed by atoms with Gasteiger partial charge in [-0.3, -0.25) is 4.79 Å². The molecule has 0 saturated carbocycles. The molecule has 1 rings (SSSR count). The number of hydrogen-bond donors (Lipinski definition) is 2. The normalized spacial score (nSPS) is 12.0. The Kier molecular flexibility index (Phi) is 4.22. The molecule has 0 radical (unpaired) electrons. The van der Waals surface area contributed by atoms with Crippen LogP contribution in [0.3, 0.4) is 0 Å². The number of hydrogen-bond acceptors (Lipinski definition) is 3. The molecule has 1 aromatic heterocycles. The zero-order valence-corrected chi connectivity index (χ0v) is 9.67. The van der Waals surface area contributed by atoms with Gasteiger partial charge in [-0.05, 0) is 13.0 Å². The number of carbonyl (C=O) groups is 1. The first-order chi connectivity index (χ1) is 7.58. The zero-order valence-electron chi connectivity index (χ0n) is 9.67. The second-order valence-electron chi connectivity index (χ2n) is 3.48. The van der Waals surface area contributed by atoms with Gasteiger partial charge in [-0.25, -0.2) is 9.37 Å². The fourth-order valence-corrected chi connectivity index (χ4v) is 1.34. The van der Waals surface area contributed by atoms with Gasteiger partial charge in [-0.2, -0.15) is 0 Å². The quantitative estimate of drug-likeness (QED) is 0.822. The minimum atomic E-state index is -0.414. The van der Waals surface area contributed by atoms with Crippen molar-refractivity contribution in [2.24, 2.45) is 0 Å². The number of amides is 1. The van der Waals surface area contributed by atoms with Crippen LogP contribution in [-0.4, -0.2) is 17.9 Å².